The van der Waals surface area contributed by atoms with Gasteiger partial charge in [0, 0.05) is 6.54 Å². The first kappa shape index (κ1) is 16.3. The summed E-state index contributed by atoms with van der Waals surface area (Å²) in [5.41, 5.74) is 1.99. The average molecular weight is 320 g/mol. The standard InChI is InChI=1S/C16H20N2O3S/c1-12-2-4-14(5-3-12)21-8-7-17-16(20)18-10-15(19)13-6-9-22-11-13/h2-6,9,11,15,19H,7-8,10H2,1H3,(H2,17,18,20). The molecule has 0 radical (unpaired) electrons. The summed E-state index contributed by atoms with van der Waals surface area (Å²) in [4.78, 5) is 11.6. The molecule has 0 aliphatic rings. The third-order valence-corrected chi connectivity index (χ3v) is 3.76. The fraction of sp³-hybridized carbons (Fsp3) is 0.312. The highest BCUT2D eigenvalue weighted by Gasteiger charge is 2.09. The van der Waals surface area contributed by atoms with Gasteiger partial charge in [-0.2, -0.15) is 11.3 Å². The van der Waals surface area contributed by atoms with Crippen molar-refractivity contribution >= 4 is 17.4 Å². The van der Waals surface area contributed by atoms with Crippen LogP contribution in [0.4, 0.5) is 4.79 Å². The zero-order valence-corrected chi connectivity index (χ0v) is 13.2. The normalized spacial score (nSPS) is 11.7. The SMILES string of the molecule is Cc1ccc(OCCNC(=O)NCC(O)c2ccsc2)cc1. The minimum absolute atomic E-state index is 0.182. The van der Waals surface area contributed by atoms with Gasteiger partial charge in [0.1, 0.15) is 12.4 Å². The van der Waals surface area contributed by atoms with Crippen LogP contribution in [-0.2, 0) is 0 Å². The number of aryl methyl sites for hydroxylation is 1. The maximum Gasteiger partial charge on any atom is 0.315 e. The Balaban J connectivity index is 1.58. The van der Waals surface area contributed by atoms with E-state index < -0.39 is 6.10 Å². The molecule has 1 aromatic heterocycles. The quantitative estimate of drug-likeness (QED) is 0.686. The number of thiophene rings is 1. The van der Waals surface area contributed by atoms with Crippen molar-refractivity contribution in [1.29, 1.82) is 0 Å². The molecule has 0 spiro atoms. The van der Waals surface area contributed by atoms with Gasteiger partial charge in [0.05, 0.1) is 12.6 Å². The van der Waals surface area contributed by atoms with E-state index in [-0.39, 0.29) is 12.6 Å². The number of urea groups is 1. The van der Waals surface area contributed by atoms with Crippen molar-refractivity contribution in [2.24, 2.45) is 0 Å². The molecular weight excluding hydrogens is 300 g/mol. The molecule has 1 heterocycles. The monoisotopic (exact) mass is 320 g/mol. The van der Waals surface area contributed by atoms with Crippen molar-refractivity contribution in [1.82, 2.24) is 10.6 Å². The van der Waals surface area contributed by atoms with E-state index >= 15 is 0 Å². The maximum atomic E-state index is 11.6. The van der Waals surface area contributed by atoms with E-state index in [1.165, 1.54) is 16.9 Å². The lowest BCUT2D eigenvalue weighted by atomic mass is 10.2. The first-order valence-electron chi connectivity index (χ1n) is 7.06. The molecule has 0 saturated heterocycles. The second kappa shape index (κ2) is 8.41. The summed E-state index contributed by atoms with van der Waals surface area (Å²) >= 11 is 1.51. The molecule has 22 heavy (non-hydrogen) atoms. The van der Waals surface area contributed by atoms with Crippen LogP contribution in [0.5, 0.6) is 5.75 Å². The molecule has 3 N–H and O–H groups in total. The zero-order valence-electron chi connectivity index (χ0n) is 12.4. The number of hydrogen-bond donors (Lipinski definition) is 3. The molecule has 0 aliphatic heterocycles. The van der Waals surface area contributed by atoms with Crippen LogP contribution in [0.25, 0.3) is 0 Å². The highest BCUT2D eigenvalue weighted by Crippen LogP contribution is 2.14. The van der Waals surface area contributed by atoms with Gasteiger partial charge in [-0.05, 0) is 41.4 Å². The Bertz CT molecular complexity index is 570. The summed E-state index contributed by atoms with van der Waals surface area (Å²) in [6, 6.07) is 9.26. The summed E-state index contributed by atoms with van der Waals surface area (Å²) in [5, 5.41) is 18.9. The van der Waals surface area contributed by atoms with E-state index in [0.29, 0.717) is 13.2 Å². The third-order valence-electron chi connectivity index (χ3n) is 3.06. The topological polar surface area (TPSA) is 70.6 Å². The van der Waals surface area contributed by atoms with Gasteiger partial charge in [-0.15, -0.1) is 0 Å². The van der Waals surface area contributed by atoms with E-state index in [4.69, 9.17) is 4.74 Å². The molecular formula is C16H20N2O3S. The van der Waals surface area contributed by atoms with E-state index in [0.717, 1.165) is 11.3 Å². The smallest absolute Gasteiger partial charge is 0.315 e. The molecule has 5 nitrogen and oxygen atoms in total. The molecule has 2 amide bonds. The van der Waals surface area contributed by atoms with Crippen molar-refractivity contribution < 1.29 is 14.6 Å². The van der Waals surface area contributed by atoms with Crippen molar-refractivity contribution in [2.45, 2.75) is 13.0 Å². The number of rotatable bonds is 7. The largest absolute Gasteiger partial charge is 0.492 e. The number of aliphatic hydroxyl groups excluding tert-OH is 1. The molecule has 0 aliphatic carbocycles. The summed E-state index contributed by atoms with van der Waals surface area (Å²) in [7, 11) is 0. The highest BCUT2D eigenvalue weighted by atomic mass is 32.1. The second-order valence-corrected chi connectivity index (χ2v) is 5.65. The number of hydrogen-bond acceptors (Lipinski definition) is 4. The summed E-state index contributed by atoms with van der Waals surface area (Å²) < 4.78 is 5.51. The van der Waals surface area contributed by atoms with Crippen LogP contribution < -0.4 is 15.4 Å². The molecule has 2 rings (SSSR count). The predicted molar refractivity (Wildman–Crippen MR) is 87.4 cm³/mol. The second-order valence-electron chi connectivity index (χ2n) is 4.87. The van der Waals surface area contributed by atoms with Gasteiger partial charge in [0.25, 0.3) is 0 Å². The number of carbonyl (C=O) groups excluding carboxylic acids is 1. The van der Waals surface area contributed by atoms with Crippen molar-refractivity contribution in [3.63, 3.8) is 0 Å². The zero-order chi connectivity index (χ0) is 15.8. The molecule has 0 saturated carbocycles. The Morgan fingerprint density at radius 2 is 2.05 bits per heavy atom. The molecule has 1 aromatic carbocycles. The third kappa shape index (κ3) is 5.38. The first-order valence-corrected chi connectivity index (χ1v) is 8.01. The minimum atomic E-state index is -0.680. The fourth-order valence-corrected chi connectivity index (χ4v) is 2.51. The van der Waals surface area contributed by atoms with Gasteiger partial charge in [0.15, 0.2) is 0 Å². The fourth-order valence-electron chi connectivity index (χ4n) is 1.80. The van der Waals surface area contributed by atoms with Gasteiger partial charge < -0.3 is 20.5 Å². The lowest BCUT2D eigenvalue weighted by Gasteiger charge is -2.12. The number of nitrogens with one attached hydrogen (secondary N) is 2. The van der Waals surface area contributed by atoms with Crippen LogP contribution in [0.3, 0.4) is 0 Å². The molecule has 2 aromatic rings. The Labute approximate surface area is 133 Å². The van der Waals surface area contributed by atoms with Gasteiger partial charge in [-0.1, -0.05) is 17.7 Å². The molecule has 0 fully saturated rings. The van der Waals surface area contributed by atoms with E-state index in [1.807, 2.05) is 48.0 Å². The predicted octanol–water partition coefficient (Wildman–Crippen LogP) is 2.47. The van der Waals surface area contributed by atoms with E-state index in [9.17, 15) is 9.90 Å². The van der Waals surface area contributed by atoms with Crippen molar-refractivity contribution in [2.75, 3.05) is 19.7 Å². The van der Waals surface area contributed by atoms with Crippen LogP contribution in [-0.4, -0.2) is 30.8 Å². The van der Waals surface area contributed by atoms with E-state index in [1.54, 1.807) is 0 Å². The Hall–Kier alpha value is -2.05. The van der Waals surface area contributed by atoms with Crippen LogP contribution >= 0.6 is 11.3 Å². The van der Waals surface area contributed by atoms with Gasteiger partial charge in [-0.25, -0.2) is 4.79 Å². The summed E-state index contributed by atoms with van der Waals surface area (Å²) in [6.07, 6.45) is -0.680. The number of ether oxygens (including phenoxy) is 1. The lowest BCUT2D eigenvalue weighted by Crippen LogP contribution is -2.39. The molecule has 1 unspecified atom stereocenters. The van der Waals surface area contributed by atoms with Crippen LogP contribution in [0.2, 0.25) is 0 Å². The maximum absolute atomic E-state index is 11.6. The Kier molecular flexibility index (Phi) is 6.24. The Morgan fingerprint density at radius 3 is 2.73 bits per heavy atom. The summed E-state index contributed by atoms with van der Waals surface area (Å²) in [5.74, 6) is 0.778. The van der Waals surface area contributed by atoms with Gasteiger partial charge >= 0.3 is 6.03 Å². The number of benzene rings is 1. The number of amides is 2. The number of aliphatic hydroxyl groups is 1. The van der Waals surface area contributed by atoms with Gasteiger partial charge in [0.2, 0.25) is 0 Å². The molecule has 1 atom stereocenters. The number of carbonyl (C=O) groups is 1. The van der Waals surface area contributed by atoms with Crippen LogP contribution in [0.15, 0.2) is 41.1 Å². The molecule has 6 heteroatoms. The highest BCUT2D eigenvalue weighted by molar-refractivity contribution is 7.07. The first-order chi connectivity index (χ1) is 10.6. The molecule has 118 valence electrons. The van der Waals surface area contributed by atoms with Crippen LogP contribution in [0, 0.1) is 6.92 Å². The summed E-state index contributed by atoms with van der Waals surface area (Å²) in [6.45, 7) is 2.99. The van der Waals surface area contributed by atoms with Crippen molar-refractivity contribution in [3.05, 3.63) is 52.2 Å². The van der Waals surface area contributed by atoms with Gasteiger partial charge in [-0.3, -0.25) is 0 Å². The Morgan fingerprint density at radius 1 is 1.27 bits per heavy atom. The minimum Gasteiger partial charge on any atom is -0.492 e. The molecule has 0 bridgehead atoms. The van der Waals surface area contributed by atoms with E-state index in [2.05, 4.69) is 10.6 Å². The average Bonchev–Trinajstić information content (AvgIpc) is 3.05. The van der Waals surface area contributed by atoms with Crippen molar-refractivity contribution in [3.8, 4) is 5.75 Å². The van der Waals surface area contributed by atoms with Crippen LogP contribution in [0.1, 0.15) is 17.2 Å². The lowest BCUT2D eigenvalue weighted by molar-refractivity contribution is 0.173.